The summed E-state index contributed by atoms with van der Waals surface area (Å²) in [7, 11) is 0. The summed E-state index contributed by atoms with van der Waals surface area (Å²) in [4.78, 5) is 21.4. The summed E-state index contributed by atoms with van der Waals surface area (Å²) in [6, 6.07) is 12.2. The zero-order valence-electron chi connectivity index (χ0n) is 13.5. The van der Waals surface area contributed by atoms with Crippen molar-refractivity contribution < 1.29 is 4.79 Å². The third kappa shape index (κ3) is 3.09. The lowest BCUT2D eigenvalue weighted by atomic mass is 10.0. The van der Waals surface area contributed by atoms with Crippen molar-refractivity contribution in [2.75, 3.05) is 0 Å². The highest BCUT2D eigenvalue weighted by Crippen LogP contribution is 2.24. The van der Waals surface area contributed by atoms with Crippen LogP contribution in [0, 0.1) is 13.8 Å². The van der Waals surface area contributed by atoms with Crippen LogP contribution in [-0.2, 0) is 17.6 Å². The Morgan fingerprint density at radius 2 is 1.29 bits per heavy atom. The highest BCUT2D eigenvalue weighted by atomic mass is 32.1. The van der Waals surface area contributed by atoms with E-state index in [1.165, 1.54) is 0 Å². The van der Waals surface area contributed by atoms with E-state index in [0.29, 0.717) is 12.8 Å². The van der Waals surface area contributed by atoms with Crippen molar-refractivity contribution in [3.63, 3.8) is 0 Å². The smallest absolute Gasteiger partial charge is 0.141 e. The number of nitrogens with zero attached hydrogens (tertiary/aromatic N) is 2. The number of hydrogen-bond acceptors (Lipinski definition) is 5. The van der Waals surface area contributed by atoms with Crippen LogP contribution in [0.15, 0.2) is 36.4 Å². The molecular formula is C19H16N2OS2. The van der Waals surface area contributed by atoms with Crippen LogP contribution in [0.3, 0.4) is 0 Å². The van der Waals surface area contributed by atoms with Crippen LogP contribution in [0.25, 0.3) is 20.4 Å². The molecule has 0 unspecified atom stereocenters. The molecule has 0 bridgehead atoms. The molecule has 24 heavy (non-hydrogen) atoms. The molecule has 0 atom stereocenters. The number of ketones is 1. The van der Waals surface area contributed by atoms with Crippen molar-refractivity contribution in [2.45, 2.75) is 26.7 Å². The average molecular weight is 352 g/mol. The number of Topliss-reactive ketones (excluding diaryl/α,β-unsaturated/α-hetero) is 1. The monoisotopic (exact) mass is 352 g/mol. The molecule has 5 heteroatoms. The van der Waals surface area contributed by atoms with Crippen LogP contribution in [0.1, 0.15) is 21.1 Å². The van der Waals surface area contributed by atoms with Gasteiger partial charge in [-0.25, -0.2) is 9.97 Å². The Morgan fingerprint density at radius 3 is 1.75 bits per heavy atom. The number of aryl methyl sites for hydroxylation is 2. The van der Waals surface area contributed by atoms with Crippen molar-refractivity contribution in [2.24, 2.45) is 0 Å². The van der Waals surface area contributed by atoms with Gasteiger partial charge in [-0.3, -0.25) is 4.79 Å². The van der Waals surface area contributed by atoms with E-state index in [0.717, 1.165) is 41.6 Å². The predicted molar refractivity (Wildman–Crippen MR) is 101 cm³/mol. The zero-order valence-corrected chi connectivity index (χ0v) is 15.1. The summed E-state index contributed by atoms with van der Waals surface area (Å²) in [5, 5.41) is 2.11. The number of benzene rings is 2. The molecule has 0 aliphatic rings. The summed E-state index contributed by atoms with van der Waals surface area (Å²) < 4.78 is 2.30. The lowest BCUT2D eigenvalue weighted by Crippen LogP contribution is -2.06. The maximum atomic E-state index is 12.4. The third-order valence-corrected chi connectivity index (χ3v) is 5.79. The third-order valence-electron chi connectivity index (χ3n) is 3.92. The quantitative estimate of drug-likeness (QED) is 0.526. The summed E-state index contributed by atoms with van der Waals surface area (Å²) in [5.74, 6) is 0.233. The fourth-order valence-electron chi connectivity index (χ4n) is 2.91. The van der Waals surface area contributed by atoms with E-state index >= 15 is 0 Å². The van der Waals surface area contributed by atoms with Gasteiger partial charge in [-0.15, -0.1) is 22.7 Å². The minimum Gasteiger partial charge on any atom is -0.299 e. The number of carbonyl (C=O) groups excluding carboxylic acids is 1. The van der Waals surface area contributed by atoms with E-state index in [-0.39, 0.29) is 5.78 Å². The van der Waals surface area contributed by atoms with E-state index in [2.05, 4.69) is 22.1 Å². The van der Waals surface area contributed by atoms with E-state index in [1.54, 1.807) is 22.7 Å². The molecule has 0 spiro atoms. The Hall–Kier alpha value is -2.11. The molecule has 0 aliphatic carbocycles. The molecule has 0 saturated heterocycles. The fourth-order valence-corrected chi connectivity index (χ4v) is 4.69. The number of aromatic nitrogens is 2. The largest absolute Gasteiger partial charge is 0.299 e. The topological polar surface area (TPSA) is 42.9 Å². The molecule has 2 heterocycles. The highest BCUT2D eigenvalue weighted by molar-refractivity contribution is 7.18. The summed E-state index contributed by atoms with van der Waals surface area (Å²) in [6.07, 6.45) is 0.930. The van der Waals surface area contributed by atoms with Gasteiger partial charge in [0.15, 0.2) is 0 Å². The van der Waals surface area contributed by atoms with Crippen LogP contribution in [0.5, 0.6) is 0 Å². The molecule has 4 aromatic rings. The first-order valence-corrected chi connectivity index (χ1v) is 9.44. The minimum atomic E-state index is 0.233. The van der Waals surface area contributed by atoms with Gasteiger partial charge >= 0.3 is 0 Å². The molecule has 0 fully saturated rings. The second-order valence-corrected chi connectivity index (χ2v) is 8.43. The van der Waals surface area contributed by atoms with Gasteiger partial charge in [0.1, 0.15) is 5.78 Å². The van der Waals surface area contributed by atoms with E-state index in [4.69, 9.17) is 0 Å². The number of fused-ring (bicyclic) bond motifs is 2. The Morgan fingerprint density at radius 1 is 0.833 bits per heavy atom. The van der Waals surface area contributed by atoms with Crippen molar-refractivity contribution >= 4 is 48.9 Å². The molecule has 2 aromatic heterocycles. The number of hydrogen-bond donors (Lipinski definition) is 0. The van der Waals surface area contributed by atoms with Gasteiger partial charge in [-0.1, -0.05) is 12.1 Å². The first kappa shape index (κ1) is 15.4. The highest BCUT2D eigenvalue weighted by Gasteiger charge is 2.09. The Kier molecular flexibility index (Phi) is 3.90. The van der Waals surface area contributed by atoms with Gasteiger partial charge in [-0.2, -0.15) is 0 Å². The standard InChI is InChI=1S/C19H16N2OS2/c1-11-20-16-5-3-13(9-18(16)23-11)7-15(22)8-14-4-6-17-19(10-14)24-12(2)21-17/h3-6,9-10H,7-8H2,1-2H3. The summed E-state index contributed by atoms with van der Waals surface area (Å²) >= 11 is 3.35. The zero-order chi connectivity index (χ0) is 16.7. The van der Waals surface area contributed by atoms with Gasteiger partial charge in [0.05, 0.1) is 30.4 Å². The number of thiazole rings is 2. The van der Waals surface area contributed by atoms with Crippen LogP contribution >= 0.6 is 22.7 Å². The molecule has 120 valence electrons. The van der Waals surface area contributed by atoms with Gasteiger partial charge < -0.3 is 0 Å². The van der Waals surface area contributed by atoms with Gasteiger partial charge in [-0.05, 0) is 49.2 Å². The molecule has 0 N–H and O–H groups in total. The molecule has 0 amide bonds. The normalized spacial score (nSPS) is 11.4. The molecular weight excluding hydrogens is 336 g/mol. The molecule has 3 nitrogen and oxygen atoms in total. The predicted octanol–water partition coefficient (Wildman–Crippen LogP) is 4.88. The average Bonchev–Trinajstić information content (AvgIpc) is 3.06. The van der Waals surface area contributed by atoms with Crippen LogP contribution in [0.4, 0.5) is 0 Å². The van der Waals surface area contributed by atoms with Gasteiger partial charge in [0.25, 0.3) is 0 Å². The molecule has 4 rings (SSSR count). The summed E-state index contributed by atoms with van der Waals surface area (Å²) in [5.41, 5.74) is 4.15. The van der Waals surface area contributed by atoms with Gasteiger partial charge in [0.2, 0.25) is 0 Å². The molecule has 2 aromatic carbocycles. The van der Waals surface area contributed by atoms with Crippen LogP contribution in [-0.4, -0.2) is 15.8 Å². The molecule has 0 aliphatic heterocycles. The second kappa shape index (κ2) is 6.07. The van der Waals surface area contributed by atoms with Crippen molar-refractivity contribution in [3.05, 3.63) is 57.5 Å². The van der Waals surface area contributed by atoms with E-state index < -0.39 is 0 Å². The van der Waals surface area contributed by atoms with Crippen LogP contribution < -0.4 is 0 Å². The number of rotatable bonds is 4. The number of carbonyl (C=O) groups is 1. The maximum Gasteiger partial charge on any atom is 0.141 e. The van der Waals surface area contributed by atoms with Crippen molar-refractivity contribution in [3.8, 4) is 0 Å². The molecule has 0 radical (unpaired) electrons. The summed E-state index contributed by atoms with van der Waals surface area (Å²) in [6.45, 7) is 4.01. The Balaban J connectivity index is 1.51. The second-order valence-electron chi connectivity index (χ2n) is 5.96. The molecule has 0 saturated carbocycles. The fraction of sp³-hybridized carbons (Fsp3) is 0.211. The Bertz CT molecular complexity index is 978. The lowest BCUT2D eigenvalue weighted by Gasteiger charge is -2.02. The van der Waals surface area contributed by atoms with E-state index in [1.807, 2.05) is 38.1 Å². The van der Waals surface area contributed by atoms with Crippen LogP contribution in [0.2, 0.25) is 0 Å². The minimum absolute atomic E-state index is 0.233. The first-order chi connectivity index (χ1) is 11.6. The van der Waals surface area contributed by atoms with Gasteiger partial charge in [0, 0.05) is 12.8 Å². The Labute approximate surface area is 148 Å². The van der Waals surface area contributed by atoms with Crippen molar-refractivity contribution in [1.82, 2.24) is 9.97 Å². The van der Waals surface area contributed by atoms with Crippen molar-refractivity contribution in [1.29, 1.82) is 0 Å². The van der Waals surface area contributed by atoms with E-state index in [9.17, 15) is 4.79 Å². The lowest BCUT2D eigenvalue weighted by molar-refractivity contribution is -0.117. The SMILES string of the molecule is Cc1nc2ccc(CC(=O)Cc3ccc4nc(C)sc4c3)cc2s1. The first-order valence-electron chi connectivity index (χ1n) is 7.81. The maximum absolute atomic E-state index is 12.4.